The predicted molar refractivity (Wildman–Crippen MR) is 171 cm³/mol. The van der Waals surface area contributed by atoms with Crippen molar-refractivity contribution in [2.24, 2.45) is 0 Å². The van der Waals surface area contributed by atoms with E-state index in [-0.39, 0.29) is 43.7 Å². The van der Waals surface area contributed by atoms with Gasteiger partial charge in [0.2, 0.25) is 5.91 Å². The zero-order valence-corrected chi connectivity index (χ0v) is 26.5. The summed E-state index contributed by atoms with van der Waals surface area (Å²) in [6.07, 6.45) is 0.404. The number of amides is 3. The lowest BCUT2D eigenvalue weighted by Gasteiger charge is -2.39. The molecule has 3 amide bonds. The van der Waals surface area contributed by atoms with E-state index in [9.17, 15) is 18.8 Å². The van der Waals surface area contributed by atoms with E-state index in [1.807, 2.05) is 19.9 Å². The number of hydrogen-bond donors (Lipinski definition) is 2. The Morgan fingerprint density at radius 1 is 0.957 bits per heavy atom. The van der Waals surface area contributed by atoms with Crippen molar-refractivity contribution in [2.75, 3.05) is 26.8 Å². The van der Waals surface area contributed by atoms with Crippen LogP contribution < -0.4 is 24.8 Å². The van der Waals surface area contributed by atoms with E-state index in [0.717, 1.165) is 17.0 Å². The average molecular weight is 642 g/mol. The number of rotatable bonds is 2. The number of nitrogens with zero attached hydrogens (tertiary/aromatic N) is 3. The van der Waals surface area contributed by atoms with E-state index >= 15 is 0 Å². The van der Waals surface area contributed by atoms with Gasteiger partial charge in [0.15, 0.2) is 18.1 Å². The Bertz CT molecular complexity index is 1850. The number of aryl methyl sites for hydroxylation is 3. The average Bonchev–Trinajstić information content (AvgIpc) is 3.05. The number of piperidine rings is 1. The van der Waals surface area contributed by atoms with Crippen LogP contribution in [0.5, 0.6) is 17.2 Å². The third kappa shape index (κ3) is 7.43. The molecule has 12 heteroatoms. The van der Waals surface area contributed by atoms with Gasteiger partial charge in [0.25, 0.3) is 11.8 Å². The second-order valence-corrected chi connectivity index (χ2v) is 11.8. The van der Waals surface area contributed by atoms with Crippen molar-refractivity contribution in [3.8, 4) is 17.2 Å². The standard InChI is InChI=1S/C35H36FN5O6/c1-20-21(2)39-28-15-24(6-7-27(28)38-20)35(44)41-11-10-30-29(18-41)40-34(43)19-46-32-14-22(4-8-31(32)45-3)5-9-33(42)37-17-23-12-25(36)16-26(13-23)47-30/h4,6-8,12-16,29-30H,5,9-11,17-19H2,1-3H3,(H,37,42)(H,40,43)/t29-,30-/m1/s1. The SMILES string of the molecule is COc1ccc2cc1OCC(=O)N[C@@H]1CN(C(=O)c3ccc4nc(C)c(C)nc4c3)CC[C@H]1Oc1cc(F)cc(c1)CNC(=O)CC2. The van der Waals surface area contributed by atoms with Crippen molar-refractivity contribution >= 4 is 28.8 Å². The van der Waals surface area contributed by atoms with Crippen LogP contribution in [0.25, 0.3) is 11.0 Å². The van der Waals surface area contributed by atoms with E-state index in [1.165, 1.54) is 19.2 Å². The van der Waals surface area contributed by atoms with E-state index in [4.69, 9.17) is 14.2 Å². The summed E-state index contributed by atoms with van der Waals surface area (Å²) in [5.41, 5.74) is 4.74. The van der Waals surface area contributed by atoms with Crippen LogP contribution in [-0.2, 0) is 22.6 Å². The summed E-state index contributed by atoms with van der Waals surface area (Å²) in [5.74, 6) is -0.297. The van der Waals surface area contributed by atoms with Crippen LogP contribution >= 0.6 is 0 Å². The van der Waals surface area contributed by atoms with Gasteiger partial charge in [0.1, 0.15) is 17.7 Å². The Hall–Kier alpha value is -5.26. The number of methoxy groups -OCH3 is 1. The third-order valence-electron chi connectivity index (χ3n) is 8.44. The van der Waals surface area contributed by atoms with E-state index in [2.05, 4.69) is 20.6 Å². The lowest BCUT2D eigenvalue weighted by molar-refractivity contribution is -0.125. The van der Waals surface area contributed by atoms with Gasteiger partial charge in [-0.2, -0.15) is 0 Å². The number of carbonyl (C=O) groups is 3. The Kier molecular flexibility index (Phi) is 9.19. The molecule has 1 aromatic heterocycles. The van der Waals surface area contributed by atoms with Crippen LogP contribution in [0.2, 0.25) is 0 Å². The van der Waals surface area contributed by atoms with Gasteiger partial charge in [0, 0.05) is 44.1 Å². The minimum atomic E-state index is -0.646. The monoisotopic (exact) mass is 641 g/mol. The van der Waals surface area contributed by atoms with Crippen molar-refractivity contribution < 1.29 is 33.0 Å². The van der Waals surface area contributed by atoms with Gasteiger partial charge in [-0.25, -0.2) is 14.4 Å². The van der Waals surface area contributed by atoms with Crippen LogP contribution in [0, 0.1) is 19.7 Å². The van der Waals surface area contributed by atoms with Gasteiger partial charge in [0.05, 0.1) is 35.6 Å². The fourth-order valence-corrected chi connectivity index (χ4v) is 5.83. The molecule has 0 spiro atoms. The van der Waals surface area contributed by atoms with Gasteiger partial charge >= 0.3 is 0 Å². The second kappa shape index (κ2) is 13.6. The number of carbonyl (C=O) groups excluding carboxylic acids is 3. The Labute approximate surface area is 271 Å². The summed E-state index contributed by atoms with van der Waals surface area (Å²) < 4.78 is 32.2. The highest BCUT2D eigenvalue weighted by Gasteiger charge is 2.35. The maximum absolute atomic E-state index is 14.7. The fraction of sp³-hybridized carbons (Fsp3) is 0.343. The smallest absolute Gasteiger partial charge is 0.258 e. The normalized spacial score (nSPS) is 18.9. The summed E-state index contributed by atoms with van der Waals surface area (Å²) >= 11 is 0. The molecule has 2 aliphatic heterocycles. The van der Waals surface area contributed by atoms with E-state index in [0.29, 0.717) is 53.0 Å². The number of halogens is 1. The van der Waals surface area contributed by atoms with Gasteiger partial charge in [-0.1, -0.05) is 6.07 Å². The van der Waals surface area contributed by atoms with E-state index < -0.39 is 23.9 Å². The van der Waals surface area contributed by atoms with Crippen LogP contribution in [0.4, 0.5) is 4.39 Å². The number of ether oxygens (including phenoxy) is 3. The van der Waals surface area contributed by atoms with Gasteiger partial charge in [-0.05, 0) is 73.9 Å². The van der Waals surface area contributed by atoms with Crippen molar-refractivity contribution in [1.29, 1.82) is 0 Å². The van der Waals surface area contributed by atoms with Crippen molar-refractivity contribution in [3.63, 3.8) is 0 Å². The molecule has 2 N–H and O–H groups in total. The predicted octanol–water partition coefficient (Wildman–Crippen LogP) is 3.81. The van der Waals surface area contributed by atoms with Gasteiger partial charge in [-0.3, -0.25) is 14.4 Å². The lowest BCUT2D eigenvalue weighted by atomic mass is 10.00. The molecule has 244 valence electrons. The first-order valence-corrected chi connectivity index (χ1v) is 15.5. The largest absolute Gasteiger partial charge is 0.493 e. The van der Waals surface area contributed by atoms with Gasteiger partial charge < -0.3 is 29.7 Å². The fourth-order valence-electron chi connectivity index (χ4n) is 5.83. The Balaban J connectivity index is 1.27. The molecule has 2 aliphatic rings. The molecule has 0 saturated carbocycles. The molecule has 6 rings (SSSR count). The highest BCUT2D eigenvalue weighted by Crippen LogP contribution is 2.29. The van der Waals surface area contributed by atoms with Gasteiger partial charge in [-0.15, -0.1) is 0 Å². The molecule has 1 saturated heterocycles. The third-order valence-corrected chi connectivity index (χ3v) is 8.44. The zero-order valence-electron chi connectivity index (χ0n) is 26.5. The molecule has 0 aliphatic carbocycles. The van der Waals surface area contributed by atoms with Crippen molar-refractivity contribution in [1.82, 2.24) is 25.5 Å². The molecule has 3 aromatic carbocycles. The minimum absolute atomic E-state index is 0.117. The lowest BCUT2D eigenvalue weighted by Crippen LogP contribution is -2.58. The van der Waals surface area contributed by atoms with Crippen LogP contribution in [0.15, 0.2) is 54.6 Å². The first-order valence-electron chi connectivity index (χ1n) is 15.5. The van der Waals surface area contributed by atoms with Crippen molar-refractivity contribution in [2.45, 2.75) is 51.8 Å². The number of benzene rings is 3. The summed E-state index contributed by atoms with van der Waals surface area (Å²) in [4.78, 5) is 50.4. The molecular formula is C35H36FN5O6. The highest BCUT2D eigenvalue weighted by atomic mass is 19.1. The number of hydrogen-bond acceptors (Lipinski definition) is 8. The second-order valence-electron chi connectivity index (χ2n) is 11.8. The number of nitrogens with one attached hydrogen (secondary N) is 2. The molecule has 3 heterocycles. The molecule has 0 unspecified atom stereocenters. The molecule has 2 atom stereocenters. The maximum atomic E-state index is 14.7. The molecular weight excluding hydrogens is 605 g/mol. The number of fused-ring (bicyclic) bond motifs is 6. The zero-order chi connectivity index (χ0) is 33.1. The summed E-state index contributed by atoms with van der Waals surface area (Å²) in [6, 6.07) is 14.2. The number of aromatic nitrogens is 2. The summed E-state index contributed by atoms with van der Waals surface area (Å²) in [5, 5.41) is 5.82. The first-order chi connectivity index (χ1) is 22.6. The van der Waals surface area contributed by atoms with Crippen LogP contribution in [-0.4, -0.2) is 71.5 Å². The van der Waals surface area contributed by atoms with E-state index in [1.54, 1.807) is 41.3 Å². The van der Waals surface area contributed by atoms with Crippen LogP contribution in [0.1, 0.15) is 45.7 Å². The maximum Gasteiger partial charge on any atom is 0.258 e. The van der Waals surface area contributed by atoms with Crippen molar-refractivity contribution in [3.05, 3.63) is 88.5 Å². The summed E-state index contributed by atoms with van der Waals surface area (Å²) in [6.45, 7) is 4.03. The minimum Gasteiger partial charge on any atom is -0.493 e. The molecule has 0 radical (unpaired) electrons. The molecule has 1 fully saturated rings. The summed E-state index contributed by atoms with van der Waals surface area (Å²) in [7, 11) is 1.51. The van der Waals surface area contributed by atoms with Crippen LogP contribution in [0.3, 0.4) is 0 Å². The molecule has 4 bridgehead atoms. The first kappa shape index (κ1) is 31.7. The quantitative estimate of drug-likeness (QED) is 0.338. The topological polar surface area (TPSA) is 132 Å². The Morgan fingerprint density at radius 2 is 1.77 bits per heavy atom. The number of likely N-dealkylation sites (tertiary alicyclic amines) is 1. The highest BCUT2D eigenvalue weighted by molar-refractivity contribution is 5.97. The molecule has 4 aromatic rings. The Morgan fingerprint density at radius 3 is 2.57 bits per heavy atom. The molecule has 11 nitrogen and oxygen atoms in total. The molecule has 47 heavy (non-hydrogen) atoms.